The zero-order chi connectivity index (χ0) is 41.5. The second kappa shape index (κ2) is 14.2. The molecule has 0 saturated heterocycles. The van der Waals surface area contributed by atoms with Crippen molar-refractivity contribution >= 4 is 59.3 Å². The fraction of sp³-hybridized carbons (Fsp3) is 0.119. The molecule has 0 saturated carbocycles. The number of benzene rings is 9. The maximum absolute atomic E-state index is 2.50. The monoisotopic (exact) mass is 801 g/mol. The molecular formula is C59H47NS. The molecule has 9 aromatic carbocycles. The summed E-state index contributed by atoms with van der Waals surface area (Å²) in [5.74, 6) is 0. The highest BCUT2D eigenvalue weighted by atomic mass is 32.1. The molecule has 0 bridgehead atoms. The predicted octanol–water partition coefficient (Wildman–Crippen LogP) is 17.3. The van der Waals surface area contributed by atoms with Gasteiger partial charge in [0.2, 0.25) is 0 Å². The van der Waals surface area contributed by atoms with Gasteiger partial charge in [0.15, 0.2) is 0 Å². The SMILES string of the molecule is CC(C)(C)c1ccc(-c2ccc(-c3ccc(N(c4ccc5c(c4)-c4ccccc4C5(C)C)c4ccc5ccccc5c4-c4cccc5c4sc4ccccc45)cc3)cc2)cc1. The van der Waals surface area contributed by atoms with Crippen molar-refractivity contribution in [2.45, 2.75) is 45.4 Å². The van der Waals surface area contributed by atoms with Gasteiger partial charge in [0.25, 0.3) is 0 Å². The van der Waals surface area contributed by atoms with Crippen LogP contribution in [0.15, 0.2) is 194 Å². The van der Waals surface area contributed by atoms with Crippen LogP contribution in [0.25, 0.3) is 75.5 Å². The van der Waals surface area contributed by atoms with Gasteiger partial charge in [-0.15, -0.1) is 11.3 Å². The van der Waals surface area contributed by atoms with Crippen LogP contribution in [0, 0.1) is 0 Å². The molecule has 0 atom stereocenters. The second-order valence-electron chi connectivity index (χ2n) is 18.1. The molecule has 1 heterocycles. The highest BCUT2D eigenvalue weighted by Crippen LogP contribution is 2.53. The summed E-state index contributed by atoms with van der Waals surface area (Å²) in [6.45, 7) is 11.5. The molecule has 1 aliphatic carbocycles. The Bertz CT molecular complexity index is 3290. The molecule has 1 nitrogen and oxygen atoms in total. The van der Waals surface area contributed by atoms with E-state index < -0.39 is 0 Å². The van der Waals surface area contributed by atoms with Crippen molar-refractivity contribution < 1.29 is 0 Å². The average Bonchev–Trinajstić information content (AvgIpc) is 3.78. The van der Waals surface area contributed by atoms with Gasteiger partial charge in [-0.1, -0.05) is 192 Å². The first-order chi connectivity index (χ1) is 29.6. The van der Waals surface area contributed by atoms with E-state index in [-0.39, 0.29) is 10.8 Å². The van der Waals surface area contributed by atoms with Crippen LogP contribution in [-0.4, -0.2) is 0 Å². The molecule has 1 aliphatic rings. The zero-order valence-corrected chi connectivity index (χ0v) is 36.1. The molecule has 0 spiro atoms. The van der Waals surface area contributed by atoms with Crippen LogP contribution in [0.5, 0.6) is 0 Å². The molecule has 0 radical (unpaired) electrons. The van der Waals surface area contributed by atoms with E-state index in [1.54, 1.807) is 0 Å². The minimum Gasteiger partial charge on any atom is -0.310 e. The third-order valence-electron chi connectivity index (χ3n) is 13.1. The quantitative estimate of drug-likeness (QED) is 0.162. The number of rotatable bonds is 6. The van der Waals surface area contributed by atoms with Gasteiger partial charge in [-0.05, 0) is 103 Å². The van der Waals surface area contributed by atoms with Crippen molar-refractivity contribution in [3.05, 3.63) is 211 Å². The van der Waals surface area contributed by atoms with Crippen LogP contribution >= 0.6 is 11.3 Å². The fourth-order valence-corrected chi connectivity index (χ4v) is 11.0. The smallest absolute Gasteiger partial charge is 0.0547 e. The summed E-state index contributed by atoms with van der Waals surface area (Å²) in [5.41, 5.74) is 17.6. The van der Waals surface area contributed by atoms with Gasteiger partial charge >= 0.3 is 0 Å². The number of thiophene rings is 1. The first-order valence-corrected chi connectivity index (χ1v) is 22.2. The molecule has 0 N–H and O–H groups in total. The van der Waals surface area contributed by atoms with Crippen molar-refractivity contribution in [1.29, 1.82) is 0 Å². The van der Waals surface area contributed by atoms with E-state index in [0.717, 1.165) is 17.1 Å². The Kier molecular flexibility index (Phi) is 8.67. The molecule has 294 valence electrons. The molecule has 61 heavy (non-hydrogen) atoms. The van der Waals surface area contributed by atoms with E-state index in [1.165, 1.54) is 92.1 Å². The molecule has 1 aromatic heterocycles. The van der Waals surface area contributed by atoms with Crippen LogP contribution in [0.4, 0.5) is 17.1 Å². The molecule has 0 unspecified atom stereocenters. The molecule has 2 heteroatoms. The predicted molar refractivity (Wildman–Crippen MR) is 264 cm³/mol. The summed E-state index contributed by atoms with van der Waals surface area (Å²) < 4.78 is 2.63. The molecule has 0 aliphatic heterocycles. The van der Waals surface area contributed by atoms with Gasteiger partial charge in [-0.2, -0.15) is 0 Å². The van der Waals surface area contributed by atoms with Crippen molar-refractivity contribution in [1.82, 2.24) is 0 Å². The van der Waals surface area contributed by atoms with Gasteiger partial charge in [-0.25, -0.2) is 0 Å². The van der Waals surface area contributed by atoms with Crippen LogP contribution in [0.3, 0.4) is 0 Å². The first-order valence-electron chi connectivity index (χ1n) is 21.4. The molecule has 0 amide bonds. The summed E-state index contributed by atoms with van der Waals surface area (Å²) in [7, 11) is 0. The summed E-state index contributed by atoms with van der Waals surface area (Å²) in [4.78, 5) is 2.50. The van der Waals surface area contributed by atoms with E-state index in [1.807, 2.05) is 11.3 Å². The standard InChI is InChI=1S/C59H47NS/c1-58(2,3)43-30-25-40(26-31-43)38-21-23-39(24-22-38)41-27-32-44(33-28-41)60(45-34-35-53-51(37-45)47-15-8-10-19-52(47)59(53,4)5)54-36-29-42-13-6-7-14-46(42)56(54)50-18-12-17-49-48-16-9-11-20-55(48)61-57(49)50/h6-37H,1-5H3. The normalized spacial score (nSPS) is 13.1. The van der Waals surface area contributed by atoms with Crippen molar-refractivity contribution in [3.8, 4) is 44.5 Å². The third-order valence-corrected chi connectivity index (χ3v) is 14.3. The lowest BCUT2D eigenvalue weighted by atomic mass is 9.82. The van der Waals surface area contributed by atoms with Crippen LogP contribution in [0.2, 0.25) is 0 Å². The Morgan fingerprint density at radius 1 is 0.443 bits per heavy atom. The Morgan fingerprint density at radius 2 is 1.00 bits per heavy atom. The number of fused-ring (bicyclic) bond motifs is 7. The van der Waals surface area contributed by atoms with Gasteiger partial charge < -0.3 is 4.90 Å². The molecular weight excluding hydrogens is 755 g/mol. The minimum absolute atomic E-state index is 0.0761. The van der Waals surface area contributed by atoms with E-state index in [9.17, 15) is 0 Å². The topological polar surface area (TPSA) is 3.24 Å². The molecule has 10 aromatic rings. The highest BCUT2D eigenvalue weighted by Gasteiger charge is 2.36. The largest absolute Gasteiger partial charge is 0.310 e. The summed E-state index contributed by atoms with van der Waals surface area (Å²) >= 11 is 1.89. The van der Waals surface area contributed by atoms with Gasteiger partial charge in [0, 0.05) is 48.1 Å². The summed E-state index contributed by atoms with van der Waals surface area (Å²) in [5, 5.41) is 5.09. The molecule has 0 fully saturated rings. The van der Waals surface area contributed by atoms with Crippen molar-refractivity contribution in [2.24, 2.45) is 0 Å². The average molecular weight is 802 g/mol. The maximum atomic E-state index is 2.50. The van der Waals surface area contributed by atoms with Crippen LogP contribution in [-0.2, 0) is 10.8 Å². The number of nitrogens with zero attached hydrogens (tertiary/aromatic N) is 1. The number of hydrogen-bond acceptors (Lipinski definition) is 2. The lowest BCUT2D eigenvalue weighted by Crippen LogP contribution is -2.15. The first kappa shape index (κ1) is 37.3. The lowest BCUT2D eigenvalue weighted by Gasteiger charge is -2.30. The van der Waals surface area contributed by atoms with E-state index in [4.69, 9.17) is 0 Å². The Hall–Kier alpha value is -6.74. The Labute approximate surface area is 363 Å². The minimum atomic E-state index is -0.0761. The van der Waals surface area contributed by atoms with Crippen LogP contribution < -0.4 is 4.90 Å². The second-order valence-corrected chi connectivity index (χ2v) is 19.2. The number of hydrogen-bond donors (Lipinski definition) is 0. The zero-order valence-electron chi connectivity index (χ0n) is 35.3. The van der Waals surface area contributed by atoms with Gasteiger partial charge in [0.1, 0.15) is 0 Å². The highest BCUT2D eigenvalue weighted by molar-refractivity contribution is 7.26. The lowest BCUT2D eigenvalue weighted by molar-refractivity contribution is 0.590. The van der Waals surface area contributed by atoms with E-state index in [2.05, 4.69) is 234 Å². The molecule has 11 rings (SSSR count). The number of anilines is 3. The van der Waals surface area contributed by atoms with E-state index >= 15 is 0 Å². The van der Waals surface area contributed by atoms with Crippen molar-refractivity contribution in [3.63, 3.8) is 0 Å². The third kappa shape index (κ3) is 6.20. The summed E-state index contributed by atoms with van der Waals surface area (Å²) in [6.07, 6.45) is 0. The Balaban J connectivity index is 1.08. The van der Waals surface area contributed by atoms with Crippen LogP contribution in [0.1, 0.15) is 51.3 Å². The van der Waals surface area contributed by atoms with Gasteiger partial charge in [0.05, 0.1) is 5.69 Å². The Morgan fingerprint density at radius 3 is 1.72 bits per heavy atom. The fourth-order valence-electron chi connectivity index (χ4n) is 9.77. The van der Waals surface area contributed by atoms with Crippen molar-refractivity contribution in [2.75, 3.05) is 4.90 Å². The summed E-state index contributed by atoms with van der Waals surface area (Å²) in [6, 6.07) is 72.5. The van der Waals surface area contributed by atoms with E-state index in [0.29, 0.717) is 0 Å². The maximum Gasteiger partial charge on any atom is 0.0547 e. The van der Waals surface area contributed by atoms with Gasteiger partial charge in [-0.3, -0.25) is 0 Å².